The molecule has 0 bridgehead atoms. The fourth-order valence-corrected chi connectivity index (χ4v) is 1.86. The average molecular weight is 268 g/mol. The molecule has 106 valence electrons. The average Bonchev–Trinajstić information content (AvgIpc) is 2.34. The topological polar surface area (TPSA) is 43.8 Å². The maximum atomic E-state index is 13.6. The van der Waals surface area contributed by atoms with Crippen molar-refractivity contribution in [1.82, 2.24) is 9.80 Å². The Morgan fingerprint density at radius 1 is 1.32 bits per heavy atom. The molecule has 0 radical (unpaired) electrons. The van der Waals surface area contributed by atoms with Gasteiger partial charge in [-0.05, 0) is 46.1 Å². The van der Waals surface area contributed by atoms with E-state index in [4.69, 9.17) is 0 Å². The summed E-state index contributed by atoms with van der Waals surface area (Å²) in [6.45, 7) is 3.72. The van der Waals surface area contributed by atoms with Crippen molar-refractivity contribution < 1.29 is 14.3 Å². The van der Waals surface area contributed by atoms with Gasteiger partial charge in [-0.15, -0.1) is 0 Å². The van der Waals surface area contributed by atoms with Gasteiger partial charge in [-0.1, -0.05) is 6.07 Å². The van der Waals surface area contributed by atoms with Crippen molar-refractivity contribution in [3.8, 4) is 5.75 Å². The summed E-state index contributed by atoms with van der Waals surface area (Å²) in [6, 6.07) is 3.88. The van der Waals surface area contributed by atoms with E-state index in [1.165, 1.54) is 18.2 Å². The summed E-state index contributed by atoms with van der Waals surface area (Å²) >= 11 is 0. The summed E-state index contributed by atoms with van der Waals surface area (Å²) < 4.78 is 13.6. The fraction of sp³-hybridized carbons (Fsp3) is 0.500. The Kier molecular flexibility index (Phi) is 5.76. The molecule has 0 unspecified atom stereocenters. The van der Waals surface area contributed by atoms with Gasteiger partial charge in [-0.25, -0.2) is 4.39 Å². The predicted molar refractivity (Wildman–Crippen MR) is 72.8 cm³/mol. The molecule has 0 fully saturated rings. The highest BCUT2D eigenvalue weighted by atomic mass is 19.1. The maximum Gasteiger partial charge on any atom is 0.260 e. The molecule has 1 aromatic rings. The van der Waals surface area contributed by atoms with Gasteiger partial charge in [0.15, 0.2) is 0 Å². The Morgan fingerprint density at radius 3 is 2.53 bits per heavy atom. The summed E-state index contributed by atoms with van der Waals surface area (Å²) in [4.78, 5) is 15.8. The lowest BCUT2D eigenvalue weighted by molar-refractivity contribution is 0.0751. The van der Waals surface area contributed by atoms with Gasteiger partial charge in [0.2, 0.25) is 0 Å². The molecule has 0 atom stereocenters. The molecule has 0 spiro atoms. The third-order valence-corrected chi connectivity index (χ3v) is 2.91. The van der Waals surface area contributed by atoms with Crippen molar-refractivity contribution in [2.24, 2.45) is 0 Å². The molecule has 0 heterocycles. The molecule has 4 nitrogen and oxygen atoms in total. The molecule has 0 aromatic heterocycles. The Bertz CT molecular complexity index is 415. The van der Waals surface area contributed by atoms with Crippen LogP contribution < -0.4 is 0 Å². The van der Waals surface area contributed by atoms with E-state index in [2.05, 4.69) is 0 Å². The van der Waals surface area contributed by atoms with Gasteiger partial charge in [0, 0.05) is 13.1 Å². The van der Waals surface area contributed by atoms with Gasteiger partial charge in [-0.2, -0.15) is 0 Å². The highest BCUT2D eigenvalue weighted by Crippen LogP contribution is 2.21. The van der Waals surface area contributed by atoms with E-state index >= 15 is 0 Å². The van der Waals surface area contributed by atoms with Gasteiger partial charge < -0.3 is 14.9 Å². The number of nitrogens with zero attached hydrogens (tertiary/aromatic N) is 2. The molecule has 1 rings (SSSR count). The number of phenols is 1. The third-order valence-electron chi connectivity index (χ3n) is 2.91. The van der Waals surface area contributed by atoms with Crippen molar-refractivity contribution in [2.75, 3.05) is 33.7 Å². The van der Waals surface area contributed by atoms with E-state index in [0.717, 1.165) is 13.0 Å². The number of phenolic OH excluding ortho intramolecular Hbond substituents is 1. The first kappa shape index (κ1) is 15.4. The van der Waals surface area contributed by atoms with Gasteiger partial charge in [0.05, 0.1) is 0 Å². The number of benzene rings is 1. The Labute approximate surface area is 113 Å². The van der Waals surface area contributed by atoms with E-state index in [1.54, 1.807) is 4.90 Å². The zero-order valence-corrected chi connectivity index (χ0v) is 11.7. The van der Waals surface area contributed by atoms with Crippen LogP contribution >= 0.6 is 0 Å². The van der Waals surface area contributed by atoms with Gasteiger partial charge in [0.25, 0.3) is 5.91 Å². The first-order valence-corrected chi connectivity index (χ1v) is 6.38. The van der Waals surface area contributed by atoms with Crippen molar-refractivity contribution in [3.63, 3.8) is 0 Å². The zero-order valence-electron chi connectivity index (χ0n) is 11.7. The summed E-state index contributed by atoms with van der Waals surface area (Å²) in [5, 5.41) is 9.62. The van der Waals surface area contributed by atoms with Crippen LogP contribution in [0.1, 0.15) is 23.7 Å². The minimum atomic E-state index is -0.684. The number of hydrogen-bond donors (Lipinski definition) is 1. The highest BCUT2D eigenvalue weighted by molar-refractivity contribution is 5.97. The normalized spacial score (nSPS) is 10.8. The molecule has 1 amide bonds. The maximum absolute atomic E-state index is 13.6. The van der Waals surface area contributed by atoms with Crippen molar-refractivity contribution >= 4 is 5.91 Å². The second-order valence-corrected chi connectivity index (χ2v) is 4.68. The monoisotopic (exact) mass is 268 g/mol. The molecule has 0 aliphatic carbocycles. The van der Waals surface area contributed by atoms with Crippen LogP contribution in [0.3, 0.4) is 0 Å². The summed E-state index contributed by atoms with van der Waals surface area (Å²) in [6.07, 6.45) is 0.807. The smallest absolute Gasteiger partial charge is 0.260 e. The number of carbonyl (C=O) groups is 1. The largest absolute Gasteiger partial charge is 0.507 e. The number of aromatic hydroxyl groups is 1. The number of amides is 1. The first-order chi connectivity index (χ1) is 8.97. The van der Waals surface area contributed by atoms with Crippen molar-refractivity contribution in [2.45, 2.75) is 13.3 Å². The van der Waals surface area contributed by atoms with E-state index in [0.29, 0.717) is 13.1 Å². The summed E-state index contributed by atoms with van der Waals surface area (Å²) in [7, 11) is 3.92. The molecule has 1 N–H and O–H groups in total. The second-order valence-electron chi connectivity index (χ2n) is 4.68. The van der Waals surface area contributed by atoms with E-state index in [-0.39, 0.29) is 11.3 Å². The van der Waals surface area contributed by atoms with Crippen molar-refractivity contribution in [3.05, 3.63) is 29.6 Å². The first-order valence-electron chi connectivity index (χ1n) is 6.38. The Balaban J connectivity index is 2.78. The lowest BCUT2D eigenvalue weighted by Crippen LogP contribution is -2.33. The van der Waals surface area contributed by atoms with Crippen LogP contribution in [0, 0.1) is 5.82 Å². The minimum absolute atomic E-state index is 0.241. The number of hydrogen-bond acceptors (Lipinski definition) is 3. The van der Waals surface area contributed by atoms with Gasteiger partial charge in [0.1, 0.15) is 17.1 Å². The van der Waals surface area contributed by atoms with Crippen LogP contribution in [-0.2, 0) is 0 Å². The van der Waals surface area contributed by atoms with Crippen LogP contribution in [0.15, 0.2) is 18.2 Å². The van der Waals surface area contributed by atoms with Crippen molar-refractivity contribution in [1.29, 1.82) is 0 Å². The Hall–Kier alpha value is -1.62. The second kappa shape index (κ2) is 7.09. The zero-order chi connectivity index (χ0) is 14.4. The molecular weight excluding hydrogens is 247 g/mol. The number of carbonyl (C=O) groups excluding carboxylic acids is 1. The van der Waals surface area contributed by atoms with Gasteiger partial charge >= 0.3 is 0 Å². The molecule has 0 saturated carbocycles. The predicted octanol–water partition coefficient (Wildman–Crippen LogP) is 1.95. The fourth-order valence-electron chi connectivity index (χ4n) is 1.86. The molecule has 19 heavy (non-hydrogen) atoms. The summed E-state index contributed by atoms with van der Waals surface area (Å²) in [5.74, 6) is -1.45. The number of rotatable bonds is 6. The number of halogens is 1. The molecule has 5 heteroatoms. The SMILES string of the molecule is CCN(CCCN(C)C)C(=O)c1c(O)cccc1F. The molecule has 0 saturated heterocycles. The van der Waals surface area contributed by atoms with Crippen LogP contribution in [-0.4, -0.2) is 54.5 Å². The van der Waals surface area contributed by atoms with Crippen LogP contribution in [0.5, 0.6) is 5.75 Å². The molecular formula is C14H21FN2O2. The third kappa shape index (κ3) is 4.21. The van der Waals surface area contributed by atoms with E-state index in [1.807, 2.05) is 25.9 Å². The molecule has 0 aliphatic heterocycles. The van der Waals surface area contributed by atoms with E-state index in [9.17, 15) is 14.3 Å². The molecule has 1 aromatic carbocycles. The van der Waals surface area contributed by atoms with E-state index < -0.39 is 11.7 Å². The van der Waals surface area contributed by atoms with Crippen LogP contribution in [0.25, 0.3) is 0 Å². The highest BCUT2D eigenvalue weighted by Gasteiger charge is 2.21. The lowest BCUT2D eigenvalue weighted by Gasteiger charge is -2.22. The quantitative estimate of drug-likeness (QED) is 0.857. The van der Waals surface area contributed by atoms with Crippen LogP contribution in [0.2, 0.25) is 0 Å². The standard InChI is InChI=1S/C14H21FN2O2/c1-4-17(10-6-9-16(2)3)14(19)13-11(15)7-5-8-12(13)18/h5,7-8,18H,4,6,9-10H2,1-3H3. The van der Waals surface area contributed by atoms with Crippen LogP contribution in [0.4, 0.5) is 4.39 Å². The summed E-state index contributed by atoms with van der Waals surface area (Å²) in [5.41, 5.74) is -0.241. The Morgan fingerprint density at radius 2 is 2.00 bits per heavy atom. The minimum Gasteiger partial charge on any atom is -0.507 e. The van der Waals surface area contributed by atoms with Gasteiger partial charge in [-0.3, -0.25) is 4.79 Å². The molecule has 0 aliphatic rings. The lowest BCUT2D eigenvalue weighted by atomic mass is 10.1.